The average molecular weight is 225 g/mol. The number of benzene rings is 1. The highest BCUT2D eigenvalue weighted by atomic mass is 35.5. The summed E-state index contributed by atoms with van der Waals surface area (Å²) < 4.78 is 0. The maximum Gasteiger partial charge on any atom is 0.122 e. The van der Waals surface area contributed by atoms with E-state index in [4.69, 9.17) is 11.1 Å². The van der Waals surface area contributed by atoms with Gasteiger partial charge in [-0.2, -0.15) is 0 Å². The van der Waals surface area contributed by atoms with E-state index >= 15 is 0 Å². The van der Waals surface area contributed by atoms with E-state index in [-0.39, 0.29) is 18.2 Å². The molecule has 0 radical (unpaired) electrons. The predicted octanol–water partition coefficient (Wildman–Crippen LogP) is 3.05. The number of hydrogen-bond acceptors (Lipinski definition) is 1. The Hall–Kier alpha value is -1.02. The zero-order valence-corrected chi connectivity index (χ0v) is 9.52. The number of hydrogen-bond donors (Lipinski definition) is 2. The summed E-state index contributed by atoms with van der Waals surface area (Å²) in [6, 6.07) is 8.14. The first-order chi connectivity index (χ1) is 6.77. The second-order valence-electron chi connectivity index (χ2n) is 4.02. The minimum Gasteiger partial charge on any atom is -0.384 e. The molecule has 1 aliphatic carbocycles. The zero-order chi connectivity index (χ0) is 9.97. The number of rotatable bonds is 2. The van der Waals surface area contributed by atoms with Crippen LogP contribution in [-0.4, -0.2) is 5.84 Å². The predicted molar refractivity (Wildman–Crippen MR) is 65.9 cm³/mol. The second-order valence-corrected chi connectivity index (χ2v) is 4.02. The Morgan fingerprint density at radius 3 is 2.13 bits per heavy atom. The lowest BCUT2D eigenvalue weighted by molar-refractivity contribution is 0.723. The molecule has 1 saturated carbocycles. The summed E-state index contributed by atoms with van der Waals surface area (Å²) in [5.41, 5.74) is 7.64. The third kappa shape index (κ3) is 2.72. The third-order valence-electron chi connectivity index (χ3n) is 3.05. The van der Waals surface area contributed by atoms with Gasteiger partial charge in [-0.1, -0.05) is 37.1 Å². The Morgan fingerprint density at radius 1 is 1.13 bits per heavy atom. The highest BCUT2D eigenvalue weighted by Crippen LogP contribution is 2.33. The third-order valence-corrected chi connectivity index (χ3v) is 3.05. The van der Waals surface area contributed by atoms with Crippen molar-refractivity contribution in [1.29, 1.82) is 5.41 Å². The molecule has 15 heavy (non-hydrogen) atoms. The van der Waals surface area contributed by atoms with Crippen LogP contribution < -0.4 is 5.73 Å². The fourth-order valence-corrected chi connectivity index (χ4v) is 2.19. The molecule has 0 atom stereocenters. The molecule has 3 N–H and O–H groups in total. The van der Waals surface area contributed by atoms with E-state index in [1.807, 2.05) is 12.1 Å². The molecule has 1 aromatic rings. The van der Waals surface area contributed by atoms with Crippen molar-refractivity contribution in [2.75, 3.05) is 0 Å². The Labute approximate surface area is 96.8 Å². The molecular weight excluding hydrogens is 208 g/mol. The lowest BCUT2D eigenvalue weighted by Crippen LogP contribution is -2.10. The molecule has 0 unspecified atom stereocenters. The lowest BCUT2D eigenvalue weighted by atomic mass is 9.97. The van der Waals surface area contributed by atoms with Crippen LogP contribution in [0, 0.1) is 5.41 Å². The molecule has 1 fully saturated rings. The van der Waals surface area contributed by atoms with Gasteiger partial charge in [0.25, 0.3) is 0 Å². The van der Waals surface area contributed by atoms with Gasteiger partial charge in [-0.3, -0.25) is 5.41 Å². The van der Waals surface area contributed by atoms with E-state index in [0.29, 0.717) is 0 Å². The minimum atomic E-state index is 0. The first-order valence-electron chi connectivity index (χ1n) is 5.22. The number of nitrogen functional groups attached to an aromatic ring is 1. The molecule has 3 heteroatoms. The molecule has 82 valence electrons. The highest BCUT2D eigenvalue weighted by molar-refractivity contribution is 5.94. The van der Waals surface area contributed by atoms with Crippen molar-refractivity contribution in [3.8, 4) is 0 Å². The summed E-state index contributed by atoms with van der Waals surface area (Å²) in [7, 11) is 0. The molecule has 0 bridgehead atoms. The van der Waals surface area contributed by atoms with Crippen molar-refractivity contribution in [2.45, 2.75) is 31.6 Å². The fourth-order valence-electron chi connectivity index (χ4n) is 2.19. The van der Waals surface area contributed by atoms with Crippen LogP contribution in [0.2, 0.25) is 0 Å². The van der Waals surface area contributed by atoms with Gasteiger partial charge < -0.3 is 5.73 Å². The van der Waals surface area contributed by atoms with E-state index in [9.17, 15) is 0 Å². The highest BCUT2D eigenvalue weighted by Gasteiger charge is 2.16. The minimum absolute atomic E-state index is 0. The van der Waals surface area contributed by atoms with Crippen molar-refractivity contribution < 1.29 is 0 Å². The smallest absolute Gasteiger partial charge is 0.122 e. The molecular formula is C12H17ClN2. The topological polar surface area (TPSA) is 49.9 Å². The molecule has 0 saturated heterocycles. The summed E-state index contributed by atoms with van der Waals surface area (Å²) in [6.07, 6.45) is 5.36. The van der Waals surface area contributed by atoms with Crippen LogP contribution >= 0.6 is 12.4 Å². The van der Waals surface area contributed by atoms with Crippen molar-refractivity contribution in [2.24, 2.45) is 5.73 Å². The van der Waals surface area contributed by atoms with Gasteiger partial charge in [-0.15, -0.1) is 12.4 Å². The van der Waals surface area contributed by atoms with E-state index in [0.717, 1.165) is 11.5 Å². The van der Waals surface area contributed by atoms with E-state index < -0.39 is 0 Å². The molecule has 1 aromatic carbocycles. The molecule has 2 rings (SSSR count). The van der Waals surface area contributed by atoms with Crippen LogP contribution in [0.15, 0.2) is 24.3 Å². The van der Waals surface area contributed by atoms with Gasteiger partial charge >= 0.3 is 0 Å². The van der Waals surface area contributed by atoms with Crippen LogP contribution in [0.5, 0.6) is 0 Å². The molecule has 0 aromatic heterocycles. The normalized spacial score (nSPS) is 16.0. The summed E-state index contributed by atoms with van der Waals surface area (Å²) in [5.74, 6) is 0.902. The van der Waals surface area contributed by atoms with Crippen LogP contribution in [0.1, 0.15) is 42.7 Å². The van der Waals surface area contributed by atoms with Gasteiger partial charge in [0.05, 0.1) is 0 Å². The first-order valence-corrected chi connectivity index (χ1v) is 5.22. The van der Waals surface area contributed by atoms with Crippen molar-refractivity contribution in [3.05, 3.63) is 35.4 Å². The first kappa shape index (κ1) is 12.1. The molecule has 0 spiro atoms. The van der Waals surface area contributed by atoms with Crippen LogP contribution in [0.25, 0.3) is 0 Å². The molecule has 0 heterocycles. The summed E-state index contributed by atoms with van der Waals surface area (Å²) in [4.78, 5) is 0. The number of nitrogens with two attached hydrogens (primary N) is 1. The van der Waals surface area contributed by atoms with Crippen LogP contribution in [0.4, 0.5) is 0 Å². The quantitative estimate of drug-likeness (QED) is 0.589. The summed E-state index contributed by atoms with van der Waals surface area (Å²) >= 11 is 0. The van der Waals surface area contributed by atoms with Gasteiger partial charge in [0, 0.05) is 5.56 Å². The Morgan fingerprint density at radius 2 is 1.67 bits per heavy atom. The number of nitrogens with one attached hydrogen (secondary N) is 1. The van der Waals surface area contributed by atoms with Crippen molar-refractivity contribution >= 4 is 18.2 Å². The monoisotopic (exact) mass is 224 g/mol. The Balaban J connectivity index is 0.00000112. The maximum atomic E-state index is 7.29. The lowest BCUT2D eigenvalue weighted by Gasteiger charge is -2.09. The van der Waals surface area contributed by atoms with Gasteiger partial charge in [-0.25, -0.2) is 0 Å². The Kier molecular flexibility index (Phi) is 4.15. The van der Waals surface area contributed by atoms with Crippen molar-refractivity contribution in [1.82, 2.24) is 0 Å². The zero-order valence-electron chi connectivity index (χ0n) is 8.70. The Bertz CT molecular complexity index is 326. The SMILES string of the molecule is Cl.N=C(N)c1ccc(C2CCCC2)cc1. The molecule has 0 amide bonds. The van der Waals surface area contributed by atoms with E-state index in [1.54, 1.807) is 0 Å². The largest absolute Gasteiger partial charge is 0.384 e. The number of amidine groups is 1. The summed E-state index contributed by atoms with van der Waals surface area (Å²) in [6.45, 7) is 0. The van der Waals surface area contributed by atoms with Crippen molar-refractivity contribution in [3.63, 3.8) is 0 Å². The maximum absolute atomic E-state index is 7.29. The number of halogens is 1. The van der Waals surface area contributed by atoms with Crippen LogP contribution in [0.3, 0.4) is 0 Å². The summed E-state index contributed by atoms with van der Waals surface area (Å²) in [5, 5.41) is 7.29. The van der Waals surface area contributed by atoms with E-state index in [1.165, 1.54) is 31.2 Å². The second kappa shape index (κ2) is 5.17. The standard InChI is InChI=1S/C12H16N2.ClH/c13-12(14)11-7-5-10(6-8-11)9-3-1-2-4-9;/h5-9H,1-4H2,(H3,13,14);1H. The van der Waals surface area contributed by atoms with Gasteiger partial charge in [-0.05, 0) is 24.3 Å². The molecule has 2 nitrogen and oxygen atoms in total. The van der Waals surface area contributed by atoms with Gasteiger partial charge in [0.1, 0.15) is 5.84 Å². The van der Waals surface area contributed by atoms with Gasteiger partial charge in [0.2, 0.25) is 0 Å². The van der Waals surface area contributed by atoms with E-state index in [2.05, 4.69) is 12.1 Å². The molecule has 0 aliphatic heterocycles. The average Bonchev–Trinajstić information content (AvgIpc) is 2.71. The van der Waals surface area contributed by atoms with Crippen LogP contribution in [-0.2, 0) is 0 Å². The fraction of sp³-hybridized carbons (Fsp3) is 0.417. The molecule has 1 aliphatic rings. The van der Waals surface area contributed by atoms with Gasteiger partial charge in [0.15, 0.2) is 0 Å².